The van der Waals surface area contributed by atoms with E-state index in [4.69, 9.17) is 16.6 Å². The van der Waals surface area contributed by atoms with Gasteiger partial charge in [-0.3, -0.25) is 0 Å². The number of rotatable bonds is 3. The minimum absolute atomic E-state index is 0.431. The van der Waals surface area contributed by atoms with Crippen molar-refractivity contribution in [3.8, 4) is 22.4 Å². The number of benzene rings is 2. The number of hydrogen-bond acceptors (Lipinski definition) is 1. The first kappa shape index (κ1) is 15.0. The Kier molecular flexibility index (Phi) is 3.83. The molecule has 0 amide bonds. The SMILES string of the molecule is Cc1cccn2c(CCl)c(-c3ccc(-c4ccccc4)cc3)nc12. The summed E-state index contributed by atoms with van der Waals surface area (Å²) in [5.74, 6) is 0.431. The van der Waals surface area contributed by atoms with Gasteiger partial charge in [-0.1, -0.05) is 60.7 Å². The third kappa shape index (κ3) is 2.49. The summed E-state index contributed by atoms with van der Waals surface area (Å²) in [6, 6.07) is 23.0. The van der Waals surface area contributed by atoms with E-state index in [1.807, 2.05) is 18.3 Å². The predicted octanol–water partition coefficient (Wildman–Crippen LogP) is 5.72. The monoisotopic (exact) mass is 332 g/mol. The molecule has 0 aliphatic heterocycles. The highest BCUT2D eigenvalue weighted by Gasteiger charge is 2.14. The number of fused-ring (bicyclic) bond motifs is 1. The van der Waals surface area contributed by atoms with Gasteiger partial charge in [0.2, 0.25) is 0 Å². The van der Waals surface area contributed by atoms with E-state index in [2.05, 4.69) is 65.9 Å². The summed E-state index contributed by atoms with van der Waals surface area (Å²) in [5.41, 5.74) is 7.61. The lowest BCUT2D eigenvalue weighted by Gasteiger charge is -2.05. The third-order valence-corrected chi connectivity index (χ3v) is 4.59. The van der Waals surface area contributed by atoms with E-state index in [0.29, 0.717) is 5.88 Å². The largest absolute Gasteiger partial charge is 0.302 e. The fraction of sp³-hybridized carbons (Fsp3) is 0.0952. The molecule has 2 aromatic carbocycles. The lowest BCUT2D eigenvalue weighted by atomic mass is 10.0. The molecule has 24 heavy (non-hydrogen) atoms. The Balaban J connectivity index is 1.82. The maximum atomic E-state index is 6.22. The van der Waals surface area contributed by atoms with Crippen LogP contribution in [0, 0.1) is 6.92 Å². The average molecular weight is 333 g/mol. The van der Waals surface area contributed by atoms with Crippen LogP contribution in [0.3, 0.4) is 0 Å². The van der Waals surface area contributed by atoms with Crippen LogP contribution >= 0.6 is 11.6 Å². The Morgan fingerprint density at radius 2 is 1.50 bits per heavy atom. The average Bonchev–Trinajstić information content (AvgIpc) is 3.03. The van der Waals surface area contributed by atoms with E-state index >= 15 is 0 Å². The molecule has 0 fully saturated rings. The zero-order valence-corrected chi connectivity index (χ0v) is 14.2. The quantitative estimate of drug-likeness (QED) is 0.439. The summed E-state index contributed by atoms with van der Waals surface area (Å²) in [7, 11) is 0. The second kappa shape index (κ2) is 6.14. The van der Waals surface area contributed by atoms with Crippen molar-refractivity contribution >= 4 is 17.2 Å². The van der Waals surface area contributed by atoms with Crippen LogP contribution in [0.4, 0.5) is 0 Å². The summed E-state index contributed by atoms with van der Waals surface area (Å²) in [4.78, 5) is 4.83. The van der Waals surface area contributed by atoms with Crippen LogP contribution in [0.1, 0.15) is 11.3 Å². The summed E-state index contributed by atoms with van der Waals surface area (Å²) < 4.78 is 2.09. The second-order valence-electron chi connectivity index (χ2n) is 5.87. The van der Waals surface area contributed by atoms with Gasteiger partial charge in [0.25, 0.3) is 0 Å². The molecule has 0 radical (unpaired) electrons. The summed E-state index contributed by atoms with van der Waals surface area (Å²) in [6.07, 6.45) is 2.02. The lowest BCUT2D eigenvalue weighted by molar-refractivity contribution is 1.08. The van der Waals surface area contributed by atoms with E-state index in [9.17, 15) is 0 Å². The smallest absolute Gasteiger partial charge is 0.140 e. The van der Waals surface area contributed by atoms with Gasteiger partial charge in [-0.25, -0.2) is 4.98 Å². The fourth-order valence-corrected chi connectivity index (χ4v) is 3.32. The highest BCUT2D eigenvalue weighted by Crippen LogP contribution is 2.29. The minimum atomic E-state index is 0.431. The topological polar surface area (TPSA) is 17.3 Å². The molecule has 0 saturated heterocycles. The van der Waals surface area contributed by atoms with Crippen molar-refractivity contribution in [2.45, 2.75) is 12.8 Å². The first-order valence-electron chi connectivity index (χ1n) is 7.96. The Morgan fingerprint density at radius 1 is 0.833 bits per heavy atom. The number of hydrogen-bond donors (Lipinski definition) is 0. The van der Waals surface area contributed by atoms with Crippen molar-refractivity contribution in [2.24, 2.45) is 0 Å². The van der Waals surface area contributed by atoms with Gasteiger partial charge >= 0.3 is 0 Å². The summed E-state index contributed by atoms with van der Waals surface area (Å²) >= 11 is 6.22. The van der Waals surface area contributed by atoms with Crippen LogP contribution in [0.25, 0.3) is 28.0 Å². The molecule has 0 N–H and O–H groups in total. The number of aryl methyl sites for hydroxylation is 1. The molecular weight excluding hydrogens is 316 g/mol. The van der Waals surface area contributed by atoms with Gasteiger partial charge in [0.1, 0.15) is 5.65 Å². The highest BCUT2D eigenvalue weighted by atomic mass is 35.5. The highest BCUT2D eigenvalue weighted by molar-refractivity contribution is 6.17. The predicted molar refractivity (Wildman–Crippen MR) is 100 cm³/mol. The van der Waals surface area contributed by atoms with E-state index < -0.39 is 0 Å². The van der Waals surface area contributed by atoms with Crippen LogP contribution in [-0.4, -0.2) is 9.38 Å². The first-order chi connectivity index (χ1) is 11.8. The number of pyridine rings is 1. The van der Waals surface area contributed by atoms with Crippen LogP contribution in [0.5, 0.6) is 0 Å². The molecular formula is C21H17ClN2. The lowest BCUT2D eigenvalue weighted by Crippen LogP contribution is -1.92. The molecule has 0 aliphatic carbocycles. The number of aromatic nitrogens is 2. The third-order valence-electron chi connectivity index (χ3n) is 4.34. The molecule has 118 valence electrons. The molecule has 4 rings (SSSR count). The first-order valence-corrected chi connectivity index (χ1v) is 8.50. The van der Waals surface area contributed by atoms with Crippen LogP contribution < -0.4 is 0 Å². The van der Waals surface area contributed by atoms with Crippen LogP contribution in [0.15, 0.2) is 72.9 Å². The fourth-order valence-electron chi connectivity index (χ4n) is 3.06. The van der Waals surface area contributed by atoms with Crippen LogP contribution in [-0.2, 0) is 5.88 Å². The van der Waals surface area contributed by atoms with E-state index in [-0.39, 0.29) is 0 Å². The molecule has 2 heterocycles. The number of imidazole rings is 1. The minimum Gasteiger partial charge on any atom is -0.302 e. The Bertz CT molecular complexity index is 986. The Labute approximate surface area is 146 Å². The van der Waals surface area contributed by atoms with Gasteiger partial charge in [0.05, 0.1) is 17.3 Å². The van der Waals surface area contributed by atoms with Gasteiger partial charge in [-0.2, -0.15) is 0 Å². The molecule has 0 saturated carbocycles. The van der Waals surface area contributed by atoms with E-state index in [1.165, 1.54) is 11.1 Å². The summed E-state index contributed by atoms with van der Waals surface area (Å²) in [5, 5.41) is 0. The van der Waals surface area contributed by atoms with Gasteiger partial charge in [0, 0.05) is 11.8 Å². The molecule has 2 nitrogen and oxygen atoms in total. The molecule has 2 aromatic heterocycles. The van der Waals surface area contributed by atoms with E-state index in [0.717, 1.165) is 28.2 Å². The molecule has 3 heteroatoms. The van der Waals surface area contributed by atoms with Gasteiger partial charge in [0.15, 0.2) is 0 Å². The Morgan fingerprint density at radius 3 is 2.21 bits per heavy atom. The van der Waals surface area contributed by atoms with E-state index in [1.54, 1.807) is 0 Å². The molecule has 0 bridgehead atoms. The number of halogens is 1. The zero-order chi connectivity index (χ0) is 16.5. The maximum Gasteiger partial charge on any atom is 0.140 e. The second-order valence-corrected chi connectivity index (χ2v) is 6.14. The van der Waals surface area contributed by atoms with Crippen molar-refractivity contribution < 1.29 is 0 Å². The van der Waals surface area contributed by atoms with Crippen LogP contribution in [0.2, 0.25) is 0 Å². The van der Waals surface area contributed by atoms with Crippen molar-refractivity contribution in [3.05, 3.63) is 84.2 Å². The van der Waals surface area contributed by atoms with Crippen molar-refractivity contribution in [2.75, 3.05) is 0 Å². The zero-order valence-electron chi connectivity index (χ0n) is 13.4. The van der Waals surface area contributed by atoms with Gasteiger partial charge < -0.3 is 4.40 Å². The molecule has 4 aromatic rings. The molecule has 0 spiro atoms. The summed E-state index contributed by atoms with van der Waals surface area (Å²) in [6.45, 7) is 2.07. The number of nitrogens with zero attached hydrogens (tertiary/aromatic N) is 2. The Hall–Kier alpha value is -2.58. The maximum absolute atomic E-state index is 6.22. The van der Waals surface area contributed by atoms with Crippen molar-refractivity contribution in [3.63, 3.8) is 0 Å². The number of alkyl halides is 1. The van der Waals surface area contributed by atoms with Crippen molar-refractivity contribution in [1.82, 2.24) is 9.38 Å². The standard InChI is InChI=1S/C21H17ClN2/c1-15-6-5-13-24-19(14-22)20(23-21(15)24)18-11-9-17(10-12-18)16-7-3-2-4-8-16/h2-13H,14H2,1H3. The molecule has 0 aliphatic rings. The molecule has 0 unspecified atom stereocenters. The molecule has 0 atom stereocenters. The van der Waals surface area contributed by atoms with Crippen molar-refractivity contribution in [1.29, 1.82) is 0 Å². The van der Waals surface area contributed by atoms with Gasteiger partial charge in [-0.05, 0) is 29.7 Å². The van der Waals surface area contributed by atoms with Gasteiger partial charge in [-0.15, -0.1) is 11.6 Å². The normalized spacial score (nSPS) is 11.1.